The number of rotatable bonds is 3. The van der Waals surface area contributed by atoms with Crippen LogP contribution in [0.1, 0.15) is 25.8 Å². The first-order valence-electron chi connectivity index (χ1n) is 8.89. The van der Waals surface area contributed by atoms with Gasteiger partial charge in [0.25, 0.3) is 5.91 Å². The van der Waals surface area contributed by atoms with Gasteiger partial charge in [-0.3, -0.25) is 9.59 Å². The third-order valence-corrected chi connectivity index (χ3v) is 5.27. The zero-order valence-electron chi connectivity index (χ0n) is 16.2. The Kier molecular flexibility index (Phi) is 6.08. The monoisotopic (exact) mass is 404 g/mol. The second-order valence-corrected chi connectivity index (χ2v) is 7.55. The van der Waals surface area contributed by atoms with E-state index in [1.54, 1.807) is 19.9 Å². The SMILES string of the molecule is Cc1ccc(N(C)C(=O)[C@H]2CCN(C(=O)C(C)(O)C(F)(F)F)C[C@H]2C)c(F)c1. The van der Waals surface area contributed by atoms with Crippen molar-refractivity contribution in [2.24, 2.45) is 11.8 Å². The van der Waals surface area contributed by atoms with E-state index in [2.05, 4.69) is 0 Å². The van der Waals surface area contributed by atoms with Gasteiger partial charge in [-0.05, 0) is 43.9 Å². The number of piperidine rings is 1. The van der Waals surface area contributed by atoms with Crippen molar-refractivity contribution in [3.63, 3.8) is 0 Å². The minimum Gasteiger partial charge on any atom is -0.373 e. The van der Waals surface area contributed by atoms with Gasteiger partial charge in [-0.15, -0.1) is 0 Å². The Bertz CT molecular complexity index is 764. The Hall–Kier alpha value is -2.16. The molecule has 0 aliphatic carbocycles. The maximum absolute atomic E-state index is 14.2. The van der Waals surface area contributed by atoms with Crippen LogP contribution in [0, 0.1) is 24.6 Å². The summed E-state index contributed by atoms with van der Waals surface area (Å²) in [6, 6.07) is 4.47. The summed E-state index contributed by atoms with van der Waals surface area (Å²) in [5, 5.41) is 9.59. The minimum atomic E-state index is -5.09. The molecule has 0 bridgehead atoms. The summed E-state index contributed by atoms with van der Waals surface area (Å²) in [5.74, 6) is -3.38. The Morgan fingerprint density at radius 1 is 1.29 bits per heavy atom. The van der Waals surface area contributed by atoms with Crippen LogP contribution in [0.25, 0.3) is 0 Å². The van der Waals surface area contributed by atoms with Crippen molar-refractivity contribution in [3.8, 4) is 0 Å². The molecule has 0 saturated carbocycles. The molecule has 1 unspecified atom stereocenters. The Morgan fingerprint density at radius 3 is 2.39 bits per heavy atom. The number of aryl methyl sites for hydroxylation is 1. The summed E-state index contributed by atoms with van der Waals surface area (Å²) in [7, 11) is 1.44. The number of amides is 2. The number of hydrogen-bond donors (Lipinski definition) is 1. The van der Waals surface area contributed by atoms with Gasteiger partial charge >= 0.3 is 6.18 Å². The fraction of sp³-hybridized carbons (Fsp3) is 0.579. The van der Waals surface area contributed by atoms with Crippen molar-refractivity contribution in [2.75, 3.05) is 25.0 Å². The van der Waals surface area contributed by atoms with Crippen LogP contribution >= 0.6 is 0 Å². The third-order valence-electron chi connectivity index (χ3n) is 5.27. The highest BCUT2D eigenvalue weighted by atomic mass is 19.4. The number of hydrogen-bond acceptors (Lipinski definition) is 3. The highest BCUT2D eigenvalue weighted by Gasteiger charge is 2.57. The lowest BCUT2D eigenvalue weighted by molar-refractivity contribution is -0.251. The highest BCUT2D eigenvalue weighted by molar-refractivity contribution is 5.95. The number of anilines is 1. The third kappa shape index (κ3) is 4.14. The standard InChI is InChI=1S/C19H24F4N2O3/c1-11-5-6-15(14(20)9-11)24(4)16(26)13-7-8-25(10-12(13)2)17(27)18(3,28)19(21,22)23/h5-6,9,12-13,28H,7-8,10H2,1-4H3/t12-,13+,18?/m1/s1. The smallest absolute Gasteiger partial charge is 0.373 e. The number of alkyl halides is 3. The topological polar surface area (TPSA) is 60.9 Å². The number of aliphatic hydroxyl groups is 1. The minimum absolute atomic E-state index is 0.101. The van der Waals surface area contributed by atoms with E-state index >= 15 is 0 Å². The fourth-order valence-corrected chi connectivity index (χ4v) is 3.38. The summed E-state index contributed by atoms with van der Waals surface area (Å²) in [6.07, 6.45) is -4.97. The lowest BCUT2D eigenvalue weighted by Crippen LogP contribution is -2.59. The molecule has 0 radical (unpaired) electrons. The van der Waals surface area contributed by atoms with Crippen molar-refractivity contribution < 1.29 is 32.3 Å². The van der Waals surface area contributed by atoms with Crippen molar-refractivity contribution in [1.82, 2.24) is 4.90 Å². The molecule has 2 amide bonds. The number of benzene rings is 1. The molecule has 9 heteroatoms. The number of nitrogens with zero attached hydrogens (tertiary/aromatic N) is 2. The van der Waals surface area contributed by atoms with Crippen LogP contribution in [-0.4, -0.2) is 53.7 Å². The van der Waals surface area contributed by atoms with E-state index in [-0.39, 0.29) is 31.1 Å². The van der Waals surface area contributed by atoms with Crippen LogP contribution in [-0.2, 0) is 9.59 Å². The normalized spacial score (nSPS) is 22.5. The van der Waals surface area contributed by atoms with Crippen LogP contribution in [0.3, 0.4) is 0 Å². The largest absolute Gasteiger partial charge is 0.426 e. The van der Waals surface area contributed by atoms with Crippen molar-refractivity contribution in [1.29, 1.82) is 0 Å². The highest BCUT2D eigenvalue weighted by Crippen LogP contribution is 2.34. The van der Waals surface area contributed by atoms with Crippen molar-refractivity contribution >= 4 is 17.5 Å². The van der Waals surface area contributed by atoms with E-state index in [0.717, 1.165) is 4.90 Å². The summed E-state index contributed by atoms with van der Waals surface area (Å²) >= 11 is 0. The van der Waals surface area contributed by atoms with E-state index in [0.29, 0.717) is 12.5 Å². The summed E-state index contributed by atoms with van der Waals surface area (Å²) in [5.41, 5.74) is -2.66. The molecule has 1 aliphatic rings. The van der Waals surface area contributed by atoms with Gasteiger partial charge < -0.3 is 14.9 Å². The molecule has 5 nitrogen and oxygen atoms in total. The van der Waals surface area contributed by atoms with Crippen LogP contribution < -0.4 is 4.90 Å². The molecule has 1 aromatic rings. The summed E-state index contributed by atoms with van der Waals surface area (Å²) in [4.78, 5) is 27.1. The molecule has 3 atom stereocenters. The maximum Gasteiger partial charge on any atom is 0.426 e. The molecule has 1 fully saturated rings. The number of carbonyl (C=O) groups is 2. The molecule has 1 heterocycles. The lowest BCUT2D eigenvalue weighted by atomic mass is 9.85. The van der Waals surface area contributed by atoms with Gasteiger partial charge in [0.1, 0.15) is 5.82 Å². The molecular weight excluding hydrogens is 380 g/mol. The molecule has 1 aliphatic heterocycles. The van der Waals surface area contributed by atoms with Crippen LogP contribution in [0.2, 0.25) is 0 Å². The summed E-state index contributed by atoms with van der Waals surface area (Å²) in [6.45, 7) is 3.58. The maximum atomic E-state index is 14.2. The second kappa shape index (κ2) is 7.69. The number of likely N-dealkylation sites (tertiary alicyclic amines) is 1. The van der Waals surface area contributed by atoms with Gasteiger partial charge in [-0.1, -0.05) is 13.0 Å². The molecule has 1 N–H and O–H groups in total. The van der Waals surface area contributed by atoms with E-state index in [4.69, 9.17) is 0 Å². The molecule has 1 saturated heterocycles. The van der Waals surface area contributed by atoms with Crippen molar-refractivity contribution in [3.05, 3.63) is 29.6 Å². The van der Waals surface area contributed by atoms with Crippen LogP contribution in [0.15, 0.2) is 18.2 Å². The molecule has 0 aromatic heterocycles. The predicted octanol–water partition coefficient (Wildman–Crippen LogP) is 2.89. The average Bonchev–Trinajstić information content (AvgIpc) is 2.58. The van der Waals surface area contributed by atoms with Gasteiger partial charge in [-0.2, -0.15) is 13.2 Å². The van der Waals surface area contributed by atoms with Gasteiger partial charge in [0.15, 0.2) is 0 Å². The Balaban J connectivity index is 2.11. The first-order chi connectivity index (χ1) is 12.8. The van der Waals surface area contributed by atoms with Crippen LogP contribution in [0.4, 0.5) is 23.2 Å². The van der Waals surface area contributed by atoms with Crippen molar-refractivity contribution in [2.45, 2.75) is 39.0 Å². The van der Waals surface area contributed by atoms with Crippen LogP contribution in [0.5, 0.6) is 0 Å². The Morgan fingerprint density at radius 2 is 1.89 bits per heavy atom. The molecule has 2 rings (SSSR count). The van der Waals surface area contributed by atoms with E-state index < -0.39 is 35.3 Å². The zero-order valence-corrected chi connectivity index (χ0v) is 16.2. The Labute approximate surface area is 160 Å². The zero-order chi connectivity index (χ0) is 21.4. The lowest BCUT2D eigenvalue weighted by Gasteiger charge is -2.40. The first kappa shape index (κ1) is 22.1. The predicted molar refractivity (Wildman–Crippen MR) is 95.1 cm³/mol. The number of carbonyl (C=O) groups excluding carboxylic acids is 2. The molecular formula is C19H24F4N2O3. The van der Waals surface area contributed by atoms with Gasteiger partial charge in [0, 0.05) is 26.1 Å². The quantitative estimate of drug-likeness (QED) is 0.789. The van der Waals surface area contributed by atoms with E-state index in [1.165, 1.54) is 24.1 Å². The molecule has 28 heavy (non-hydrogen) atoms. The second-order valence-electron chi connectivity index (χ2n) is 7.55. The molecule has 0 spiro atoms. The average molecular weight is 404 g/mol. The summed E-state index contributed by atoms with van der Waals surface area (Å²) < 4.78 is 52.9. The van der Waals surface area contributed by atoms with Gasteiger partial charge in [0.05, 0.1) is 5.69 Å². The van der Waals surface area contributed by atoms with E-state index in [9.17, 15) is 32.3 Å². The fourth-order valence-electron chi connectivity index (χ4n) is 3.38. The van der Waals surface area contributed by atoms with E-state index in [1.807, 2.05) is 0 Å². The van der Waals surface area contributed by atoms with Gasteiger partial charge in [-0.25, -0.2) is 4.39 Å². The number of halogens is 4. The van der Waals surface area contributed by atoms with Gasteiger partial charge in [0.2, 0.25) is 11.5 Å². The molecule has 1 aromatic carbocycles. The first-order valence-corrected chi connectivity index (χ1v) is 8.89. The molecule has 156 valence electrons.